The number of hydrogen-bond donors (Lipinski definition) is 1. The van der Waals surface area contributed by atoms with Crippen LogP contribution in [-0.4, -0.2) is 13.5 Å². The highest BCUT2D eigenvalue weighted by atomic mass is 35.7. The van der Waals surface area contributed by atoms with E-state index in [1.165, 1.54) is 12.1 Å². The van der Waals surface area contributed by atoms with Gasteiger partial charge < -0.3 is 5.11 Å². The molecule has 0 bridgehead atoms. The molecule has 0 aliphatic heterocycles. The SMILES string of the molecule is CCCCc1cc(O)cc(CCCC)c1S(=O)(=O)Cl. The molecule has 1 rings (SSSR count). The van der Waals surface area contributed by atoms with Gasteiger partial charge in [-0.15, -0.1) is 0 Å². The maximum absolute atomic E-state index is 11.8. The molecule has 0 aromatic heterocycles. The third kappa shape index (κ3) is 4.69. The van der Waals surface area contributed by atoms with Crippen molar-refractivity contribution in [3.05, 3.63) is 23.3 Å². The van der Waals surface area contributed by atoms with E-state index < -0.39 is 9.05 Å². The first-order chi connectivity index (χ1) is 8.90. The molecule has 0 fully saturated rings. The Bertz CT molecular complexity index is 494. The first kappa shape index (κ1) is 16.3. The van der Waals surface area contributed by atoms with Crippen LogP contribution in [-0.2, 0) is 21.9 Å². The number of phenolic OH excluding ortho intramolecular Hbond substituents is 1. The topological polar surface area (TPSA) is 54.4 Å². The summed E-state index contributed by atoms with van der Waals surface area (Å²) >= 11 is 0. The molecule has 1 aromatic carbocycles. The lowest BCUT2D eigenvalue weighted by Gasteiger charge is -2.13. The molecule has 0 unspecified atom stereocenters. The van der Waals surface area contributed by atoms with Gasteiger partial charge in [0.15, 0.2) is 0 Å². The van der Waals surface area contributed by atoms with Gasteiger partial charge in [0.2, 0.25) is 0 Å². The first-order valence-electron chi connectivity index (χ1n) is 6.69. The largest absolute Gasteiger partial charge is 0.508 e. The molecule has 5 heteroatoms. The third-order valence-electron chi connectivity index (χ3n) is 3.07. The van der Waals surface area contributed by atoms with Gasteiger partial charge in [0.1, 0.15) is 5.75 Å². The summed E-state index contributed by atoms with van der Waals surface area (Å²) in [4.78, 5) is 0.203. The van der Waals surface area contributed by atoms with Crippen LogP contribution in [0.1, 0.15) is 50.7 Å². The Hall–Kier alpha value is -0.740. The van der Waals surface area contributed by atoms with Crippen molar-refractivity contribution in [2.24, 2.45) is 0 Å². The summed E-state index contributed by atoms with van der Waals surface area (Å²) in [5.41, 5.74) is 1.26. The van der Waals surface area contributed by atoms with E-state index in [-0.39, 0.29) is 10.6 Å². The highest BCUT2D eigenvalue weighted by Gasteiger charge is 2.21. The van der Waals surface area contributed by atoms with Crippen LogP contribution in [0.15, 0.2) is 17.0 Å². The Balaban J connectivity index is 3.31. The lowest BCUT2D eigenvalue weighted by atomic mass is 10.0. The predicted molar refractivity (Wildman–Crippen MR) is 78.4 cm³/mol. The van der Waals surface area contributed by atoms with E-state index in [9.17, 15) is 13.5 Å². The van der Waals surface area contributed by atoms with Crippen LogP contribution in [0.4, 0.5) is 0 Å². The van der Waals surface area contributed by atoms with E-state index in [0.717, 1.165) is 25.7 Å². The third-order valence-corrected chi connectivity index (χ3v) is 4.55. The Kier molecular flexibility index (Phi) is 6.14. The van der Waals surface area contributed by atoms with Crippen molar-refractivity contribution in [2.45, 2.75) is 57.3 Å². The van der Waals surface area contributed by atoms with Crippen LogP contribution in [0, 0.1) is 0 Å². The maximum atomic E-state index is 11.8. The van der Waals surface area contributed by atoms with Crippen molar-refractivity contribution < 1.29 is 13.5 Å². The van der Waals surface area contributed by atoms with Gasteiger partial charge in [-0.1, -0.05) is 26.7 Å². The minimum absolute atomic E-state index is 0.112. The molecule has 0 heterocycles. The smallest absolute Gasteiger partial charge is 0.261 e. The van der Waals surface area contributed by atoms with E-state index in [4.69, 9.17) is 10.7 Å². The molecular formula is C14H21ClO3S. The van der Waals surface area contributed by atoms with Crippen molar-refractivity contribution in [1.29, 1.82) is 0 Å². The number of hydrogen-bond acceptors (Lipinski definition) is 3. The van der Waals surface area contributed by atoms with Crippen LogP contribution in [0.2, 0.25) is 0 Å². The van der Waals surface area contributed by atoms with E-state index >= 15 is 0 Å². The van der Waals surface area contributed by atoms with Crippen LogP contribution in [0.5, 0.6) is 5.75 Å². The molecule has 1 N–H and O–H groups in total. The van der Waals surface area contributed by atoms with Crippen molar-refractivity contribution in [2.75, 3.05) is 0 Å². The van der Waals surface area contributed by atoms with E-state index in [1.807, 2.05) is 13.8 Å². The average Bonchev–Trinajstić information content (AvgIpc) is 2.31. The maximum Gasteiger partial charge on any atom is 0.261 e. The summed E-state index contributed by atoms with van der Waals surface area (Å²) in [6.07, 6.45) is 4.90. The van der Waals surface area contributed by atoms with Crippen LogP contribution >= 0.6 is 10.7 Å². The van der Waals surface area contributed by atoms with Crippen molar-refractivity contribution in [1.82, 2.24) is 0 Å². The lowest BCUT2D eigenvalue weighted by molar-refractivity contribution is 0.472. The number of phenols is 1. The summed E-state index contributed by atoms with van der Waals surface area (Å²) in [7, 11) is 1.79. The lowest BCUT2D eigenvalue weighted by Crippen LogP contribution is -2.04. The quantitative estimate of drug-likeness (QED) is 0.774. The molecule has 1 aromatic rings. The normalized spacial score (nSPS) is 11.7. The number of halogens is 1. The Morgan fingerprint density at radius 3 is 1.79 bits per heavy atom. The fraction of sp³-hybridized carbons (Fsp3) is 0.571. The second kappa shape index (κ2) is 7.15. The van der Waals surface area contributed by atoms with Gasteiger partial charge in [-0.05, 0) is 48.9 Å². The number of unbranched alkanes of at least 4 members (excludes halogenated alkanes) is 2. The van der Waals surface area contributed by atoms with Crippen molar-refractivity contribution in [3.63, 3.8) is 0 Å². The predicted octanol–water partition coefficient (Wildman–Crippen LogP) is 4.00. The highest BCUT2D eigenvalue weighted by molar-refractivity contribution is 8.13. The summed E-state index contributed by atoms with van der Waals surface area (Å²) in [6, 6.07) is 3.03. The van der Waals surface area contributed by atoms with E-state index in [1.54, 1.807) is 0 Å². The van der Waals surface area contributed by atoms with Crippen LogP contribution < -0.4 is 0 Å². The fourth-order valence-electron chi connectivity index (χ4n) is 2.16. The standard InChI is InChI=1S/C14H21ClO3S/c1-3-5-7-11-9-13(16)10-12(8-6-4-2)14(11)19(15,17)18/h9-10,16H,3-8H2,1-2H3. The molecular weight excluding hydrogens is 284 g/mol. The number of aromatic hydroxyl groups is 1. The fourth-order valence-corrected chi connectivity index (χ4v) is 3.70. The average molecular weight is 305 g/mol. The van der Waals surface area contributed by atoms with Gasteiger partial charge in [0, 0.05) is 10.7 Å². The van der Waals surface area contributed by atoms with Crippen LogP contribution in [0.3, 0.4) is 0 Å². The molecule has 0 spiro atoms. The number of aryl methyl sites for hydroxylation is 2. The van der Waals surface area contributed by atoms with E-state index in [2.05, 4.69) is 0 Å². The molecule has 0 aliphatic rings. The molecule has 108 valence electrons. The Labute approximate surface area is 120 Å². The molecule has 0 aliphatic carbocycles. The Morgan fingerprint density at radius 1 is 1.05 bits per heavy atom. The summed E-state index contributed by atoms with van der Waals surface area (Å²) < 4.78 is 23.6. The highest BCUT2D eigenvalue weighted by Crippen LogP contribution is 2.31. The van der Waals surface area contributed by atoms with Gasteiger partial charge in [-0.3, -0.25) is 0 Å². The van der Waals surface area contributed by atoms with Gasteiger partial charge in [0.05, 0.1) is 4.90 Å². The number of benzene rings is 1. The molecule has 0 atom stereocenters. The molecule has 0 amide bonds. The zero-order valence-electron chi connectivity index (χ0n) is 11.4. The zero-order valence-corrected chi connectivity index (χ0v) is 13.0. The summed E-state index contributed by atoms with van der Waals surface area (Å²) in [5.74, 6) is 0.112. The minimum Gasteiger partial charge on any atom is -0.508 e. The van der Waals surface area contributed by atoms with Gasteiger partial charge >= 0.3 is 0 Å². The van der Waals surface area contributed by atoms with Gasteiger partial charge in [-0.2, -0.15) is 0 Å². The molecule has 0 saturated heterocycles. The second-order valence-electron chi connectivity index (χ2n) is 4.74. The van der Waals surface area contributed by atoms with Crippen LogP contribution in [0.25, 0.3) is 0 Å². The molecule has 0 radical (unpaired) electrons. The van der Waals surface area contributed by atoms with Crippen molar-refractivity contribution in [3.8, 4) is 5.75 Å². The first-order valence-corrected chi connectivity index (χ1v) is 9.00. The summed E-state index contributed by atoms with van der Waals surface area (Å²) in [5, 5.41) is 9.74. The van der Waals surface area contributed by atoms with Gasteiger partial charge in [0.25, 0.3) is 9.05 Å². The second-order valence-corrected chi connectivity index (χ2v) is 7.24. The molecule has 3 nitrogen and oxygen atoms in total. The van der Waals surface area contributed by atoms with Crippen molar-refractivity contribution >= 4 is 19.7 Å². The monoisotopic (exact) mass is 304 g/mol. The summed E-state index contributed by atoms with van der Waals surface area (Å²) in [6.45, 7) is 4.07. The Morgan fingerprint density at radius 2 is 1.47 bits per heavy atom. The number of rotatable bonds is 7. The van der Waals surface area contributed by atoms with Gasteiger partial charge in [-0.25, -0.2) is 8.42 Å². The molecule has 19 heavy (non-hydrogen) atoms. The zero-order chi connectivity index (χ0) is 14.5. The minimum atomic E-state index is -3.78. The molecule has 0 saturated carbocycles. The van der Waals surface area contributed by atoms with E-state index in [0.29, 0.717) is 24.0 Å².